The third-order valence-electron chi connectivity index (χ3n) is 4.93. The van der Waals surface area contributed by atoms with Crippen molar-refractivity contribution in [2.75, 3.05) is 0 Å². The van der Waals surface area contributed by atoms with Gasteiger partial charge in [0.2, 0.25) is 0 Å². The summed E-state index contributed by atoms with van der Waals surface area (Å²) in [6, 6.07) is 19.0. The first-order valence-electron chi connectivity index (χ1n) is 10.7. The summed E-state index contributed by atoms with van der Waals surface area (Å²) in [6.07, 6.45) is 1.50. The van der Waals surface area contributed by atoms with Crippen molar-refractivity contribution < 1.29 is 18.7 Å². The van der Waals surface area contributed by atoms with Crippen molar-refractivity contribution in [2.45, 2.75) is 26.5 Å². The van der Waals surface area contributed by atoms with Crippen LogP contribution in [0.3, 0.4) is 0 Å². The summed E-state index contributed by atoms with van der Waals surface area (Å²) in [4.78, 5) is 25.0. The fourth-order valence-electron chi connectivity index (χ4n) is 3.00. The first kappa shape index (κ1) is 24.9. The average molecular weight is 482 g/mol. The van der Waals surface area contributed by atoms with E-state index in [1.54, 1.807) is 12.1 Å². The molecule has 8 heteroatoms. The molecule has 0 aliphatic rings. The van der Waals surface area contributed by atoms with E-state index >= 15 is 0 Å². The molecule has 0 fully saturated rings. The Morgan fingerprint density at radius 3 is 2.26 bits per heavy atom. The Bertz CT molecular complexity index is 1130. The van der Waals surface area contributed by atoms with Crippen molar-refractivity contribution >= 4 is 29.6 Å². The summed E-state index contributed by atoms with van der Waals surface area (Å²) in [5, 5.41) is 7.33. The lowest BCUT2D eigenvalue weighted by Gasteiger charge is -2.20. The minimum Gasteiger partial charge on any atom is -0.489 e. The zero-order chi connectivity index (χ0) is 24.5. The normalized spacial score (nSPS) is 11.9. The molecule has 0 radical (unpaired) electrons. The van der Waals surface area contributed by atoms with Gasteiger partial charge in [0, 0.05) is 10.6 Å². The van der Waals surface area contributed by atoms with E-state index in [4.69, 9.17) is 16.3 Å². The van der Waals surface area contributed by atoms with Crippen LogP contribution < -0.4 is 15.5 Å². The van der Waals surface area contributed by atoms with E-state index < -0.39 is 23.7 Å². The molecular formula is C26H25ClFN3O3. The summed E-state index contributed by atoms with van der Waals surface area (Å²) in [5.74, 6) is -0.849. The molecule has 0 bridgehead atoms. The highest BCUT2D eigenvalue weighted by Crippen LogP contribution is 2.15. The fourth-order valence-corrected chi connectivity index (χ4v) is 3.12. The highest BCUT2D eigenvalue weighted by Gasteiger charge is 2.24. The number of hydrazone groups is 1. The van der Waals surface area contributed by atoms with Crippen LogP contribution in [0.25, 0.3) is 0 Å². The number of nitrogens with zero attached hydrogens (tertiary/aromatic N) is 1. The van der Waals surface area contributed by atoms with Crippen LogP contribution in [-0.4, -0.2) is 24.1 Å². The SMILES string of the molecule is CC(C)C(NC(=O)c1ccc(F)cc1)C(=O)N/N=C/c1ccc(OCc2ccc(Cl)cc2)cc1. The maximum atomic E-state index is 13.1. The molecule has 0 spiro atoms. The zero-order valence-corrected chi connectivity index (χ0v) is 19.6. The number of carbonyl (C=O) groups is 2. The topological polar surface area (TPSA) is 79.8 Å². The van der Waals surface area contributed by atoms with Crippen LogP contribution in [0, 0.1) is 11.7 Å². The average Bonchev–Trinajstić information content (AvgIpc) is 2.83. The summed E-state index contributed by atoms with van der Waals surface area (Å²) < 4.78 is 18.8. The Morgan fingerprint density at radius 1 is 1.00 bits per heavy atom. The Hall–Kier alpha value is -3.71. The standard InChI is InChI=1S/C26H25ClFN3O3/c1-17(2)24(30-25(32)20-7-11-22(28)12-8-20)26(33)31-29-15-18-5-13-23(14-6-18)34-16-19-3-9-21(27)10-4-19/h3-15,17,24H,16H2,1-2H3,(H,30,32)(H,31,33)/b29-15+. The summed E-state index contributed by atoms with van der Waals surface area (Å²) >= 11 is 5.88. The lowest BCUT2D eigenvalue weighted by atomic mass is 10.0. The van der Waals surface area contributed by atoms with Crippen LogP contribution in [0.1, 0.15) is 35.3 Å². The highest BCUT2D eigenvalue weighted by atomic mass is 35.5. The predicted octanol–water partition coefficient (Wildman–Crippen LogP) is 4.96. The predicted molar refractivity (Wildman–Crippen MR) is 130 cm³/mol. The molecule has 0 heterocycles. The Balaban J connectivity index is 1.52. The largest absolute Gasteiger partial charge is 0.489 e. The van der Waals surface area contributed by atoms with Gasteiger partial charge in [0.25, 0.3) is 11.8 Å². The molecule has 3 aromatic carbocycles. The second-order valence-electron chi connectivity index (χ2n) is 7.92. The molecule has 0 saturated carbocycles. The smallest absolute Gasteiger partial charge is 0.262 e. The van der Waals surface area contributed by atoms with E-state index in [9.17, 15) is 14.0 Å². The first-order valence-corrected chi connectivity index (χ1v) is 11.1. The van der Waals surface area contributed by atoms with Gasteiger partial charge >= 0.3 is 0 Å². The fraction of sp³-hybridized carbons (Fsp3) is 0.192. The van der Waals surface area contributed by atoms with Gasteiger partial charge in [0.05, 0.1) is 6.21 Å². The van der Waals surface area contributed by atoms with E-state index in [1.165, 1.54) is 30.5 Å². The van der Waals surface area contributed by atoms with Gasteiger partial charge in [-0.3, -0.25) is 9.59 Å². The minimum atomic E-state index is -0.807. The van der Waals surface area contributed by atoms with Crippen molar-refractivity contribution in [1.29, 1.82) is 0 Å². The third kappa shape index (κ3) is 7.42. The van der Waals surface area contributed by atoms with Crippen molar-refractivity contribution in [1.82, 2.24) is 10.7 Å². The molecule has 0 aliphatic heterocycles. The molecule has 0 aromatic heterocycles. The number of hydrogen-bond donors (Lipinski definition) is 2. The number of ether oxygens (including phenoxy) is 1. The molecule has 1 unspecified atom stereocenters. The number of halogens is 2. The maximum absolute atomic E-state index is 13.1. The monoisotopic (exact) mass is 481 g/mol. The summed E-state index contributed by atoms with van der Waals surface area (Å²) in [6.45, 7) is 4.03. The third-order valence-corrected chi connectivity index (χ3v) is 5.18. The molecule has 2 amide bonds. The van der Waals surface area contributed by atoms with Gasteiger partial charge in [-0.15, -0.1) is 0 Å². The second-order valence-corrected chi connectivity index (χ2v) is 8.36. The molecule has 176 valence electrons. The van der Waals surface area contributed by atoms with Gasteiger partial charge in [-0.25, -0.2) is 9.82 Å². The van der Waals surface area contributed by atoms with Crippen molar-refractivity contribution in [2.24, 2.45) is 11.0 Å². The number of nitrogens with one attached hydrogen (secondary N) is 2. The van der Waals surface area contributed by atoms with Crippen LogP contribution in [0.2, 0.25) is 5.02 Å². The molecule has 34 heavy (non-hydrogen) atoms. The van der Waals surface area contributed by atoms with Crippen LogP contribution in [0.15, 0.2) is 77.9 Å². The van der Waals surface area contributed by atoms with Crippen molar-refractivity contribution in [3.8, 4) is 5.75 Å². The van der Waals surface area contributed by atoms with Gasteiger partial charge in [0.1, 0.15) is 24.2 Å². The van der Waals surface area contributed by atoms with Gasteiger partial charge in [-0.2, -0.15) is 5.10 Å². The van der Waals surface area contributed by atoms with Gasteiger partial charge < -0.3 is 10.1 Å². The summed E-state index contributed by atoms with van der Waals surface area (Å²) in [5.41, 5.74) is 4.49. The van der Waals surface area contributed by atoms with Crippen LogP contribution in [-0.2, 0) is 11.4 Å². The van der Waals surface area contributed by atoms with E-state index in [1.807, 2.05) is 50.2 Å². The molecule has 0 aliphatic carbocycles. The van der Waals surface area contributed by atoms with Crippen molar-refractivity contribution in [3.63, 3.8) is 0 Å². The number of hydrogen-bond acceptors (Lipinski definition) is 4. The zero-order valence-electron chi connectivity index (χ0n) is 18.8. The first-order chi connectivity index (χ1) is 16.3. The molecule has 6 nitrogen and oxygen atoms in total. The summed E-state index contributed by atoms with van der Waals surface area (Å²) in [7, 11) is 0. The van der Waals surface area contributed by atoms with E-state index in [0.29, 0.717) is 17.4 Å². The molecular weight excluding hydrogens is 457 g/mol. The van der Waals surface area contributed by atoms with Gasteiger partial charge in [0.15, 0.2) is 0 Å². The van der Waals surface area contributed by atoms with Crippen LogP contribution in [0.5, 0.6) is 5.75 Å². The lowest BCUT2D eigenvalue weighted by Crippen LogP contribution is -2.48. The molecule has 3 aromatic rings. The number of amides is 2. The molecule has 3 rings (SSSR count). The quantitative estimate of drug-likeness (QED) is 0.335. The van der Waals surface area contributed by atoms with Crippen LogP contribution in [0.4, 0.5) is 4.39 Å². The van der Waals surface area contributed by atoms with Crippen LogP contribution >= 0.6 is 11.6 Å². The minimum absolute atomic E-state index is 0.184. The van der Waals surface area contributed by atoms with Gasteiger partial charge in [-0.1, -0.05) is 37.6 Å². The Morgan fingerprint density at radius 2 is 1.65 bits per heavy atom. The second kappa shape index (κ2) is 12.0. The van der Waals surface area contributed by atoms with E-state index in [-0.39, 0.29) is 11.5 Å². The number of rotatable bonds is 9. The van der Waals surface area contributed by atoms with Gasteiger partial charge in [-0.05, 0) is 77.7 Å². The molecule has 0 saturated heterocycles. The lowest BCUT2D eigenvalue weighted by molar-refractivity contribution is -0.123. The molecule has 1 atom stereocenters. The van der Waals surface area contributed by atoms with E-state index in [2.05, 4.69) is 15.8 Å². The maximum Gasteiger partial charge on any atom is 0.262 e. The number of carbonyl (C=O) groups excluding carboxylic acids is 2. The molecule has 2 N–H and O–H groups in total. The van der Waals surface area contributed by atoms with Crippen molar-refractivity contribution in [3.05, 3.63) is 100 Å². The Labute approximate surface area is 202 Å². The Kier molecular flexibility index (Phi) is 8.76. The highest BCUT2D eigenvalue weighted by molar-refractivity contribution is 6.30. The number of benzene rings is 3. The van der Waals surface area contributed by atoms with E-state index in [0.717, 1.165) is 11.1 Å².